The number of para-hydroxylation sites is 2. The van der Waals surface area contributed by atoms with Crippen molar-refractivity contribution in [3.63, 3.8) is 0 Å². The van der Waals surface area contributed by atoms with Crippen LogP contribution in [0.1, 0.15) is 32.6 Å². The number of benzene rings is 2. The van der Waals surface area contributed by atoms with Gasteiger partial charge in [-0.05, 0) is 62.6 Å². The normalized spacial score (nSPS) is 21.5. The van der Waals surface area contributed by atoms with Gasteiger partial charge in [0.25, 0.3) is 0 Å². The molecule has 0 saturated carbocycles. The molecule has 29 heavy (non-hydrogen) atoms. The minimum absolute atomic E-state index is 0.128. The first kappa shape index (κ1) is 19.5. The van der Waals surface area contributed by atoms with Crippen molar-refractivity contribution in [2.45, 2.75) is 32.6 Å². The third-order valence-corrected chi connectivity index (χ3v) is 6.62. The van der Waals surface area contributed by atoms with Crippen molar-refractivity contribution in [3.05, 3.63) is 84.1 Å². The molecule has 0 bridgehead atoms. The molecular weight excluding hydrogens is 387 g/mol. The van der Waals surface area contributed by atoms with Crippen LogP contribution >= 0.6 is 7.82 Å². The highest BCUT2D eigenvalue weighted by Gasteiger charge is 2.45. The van der Waals surface area contributed by atoms with Crippen LogP contribution in [-0.4, -0.2) is 5.78 Å². The van der Waals surface area contributed by atoms with Gasteiger partial charge in [0, 0.05) is 11.8 Å². The molecule has 0 spiro atoms. The van der Waals surface area contributed by atoms with Crippen molar-refractivity contribution in [2.24, 2.45) is 5.41 Å². The van der Waals surface area contributed by atoms with E-state index in [1.54, 1.807) is 54.6 Å². The van der Waals surface area contributed by atoms with E-state index in [1.165, 1.54) is 0 Å². The highest BCUT2D eigenvalue weighted by Crippen LogP contribution is 2.57. The molecule has 0 fully saturated rings. The molecule has 0 N–H and O–H groups in total. The minimum Gasteiger partial charge on any atom is -0.390 e. The molecule has 4 rings (SSSR count). The summed E-state index contributed by atoms with van der Waals surface area (Å²) in [6.07, 6.45) is 6.19. The Bertz CT molecular complexity index is 951. The van der Waals surface area contributed by atoms with Gasteiger partial charge in [-0.3, -0.25) is 4.79 Å². The molecule has 0 radical (unpaired) electrons. The van der Waals surface area contributed by atoms with Crippen LogP contribution in [0, 0.1) is 5.41 Å². The van der Waals surface area contributed by atoms with E-state index in [0.717, 1.165) is 12.0 Å². The maximum absolute atomic E-state index is 13.7. The molecule has 0 heterocycles. The van der Waals surface area contributed by atoms with Crippen molar-refractivity contribution in [3.8, 4) is 11.5 Å². The zero-order valence-corrected chi connectivity index (χ0v) is 17.1. The van der Waals surface area contributed by atoms with E-state index in [2.05, 4.69) is 0 Å². The van der Waals surface area contributed by atoms with Gasteiger partial charge in [-0.2, -0.15) is 4.57 Å². The Morgan fingerprint density at radius 2 is 1.45 bits per heavy atom. The molecule has 2 aromatic carbocycles. The lowest BCUT2D eigenvalue weighted by Crippen LogP contribution is -2.31. The number of allylic oxidation sites excluding steroid dienone is 3. The smallest absolute Gasteiger partial charge is 0.390 e. The van der Waals surface area contributed by atoms with Crippen LogP contribution in [0.5, 0.6) is 11.5 Å². The summed E-state index contributed by atoms with van der Waals surface area (Å²) in [7, 11) is -4.03. The number of fused-ring (bicyclic) bond motifs is 1. The zero-order valence-electron chi connectivity index (χ0n) is 16.2. The van der Waals surface area contributed by atoms with E-state index in [-0.39, 0.29) is 5.78 Å². The van der Waals surface area contributed by atoms with E-state index in [4.69, 9.17) is 13.6 Å². The zero-order chi connectivity index (χ0) is 20.3. The lowest BCUT2D eigenvalue weighted by molar-refractivity contribution is -0.115. The van der Waals surface area contributed by atoms with Crippen LogP contribution in [0.25, 0.3) is 0 Å². The number of carbonyl (C=O) groups excluding carboxylic acids is 1. The van der Waals surface area contributed by atoms with Gasteiger partial charge < -0.3 is 13.6 Å². The van der Waals surface area contributed by atoms with E-state index >= 15 is 0 Å². The standard InChI is InChI=1S/C23H23O5P/c1-23-16-15-19(24)17-18(23)9-8-14-22(23)28-29(25,26-20-10-4-2-5-11-20)27-21-12-6-3-7-13-21/h2-7,10-14,17H,8-9,15-16H2,1H3/t23-/m0/s1. The Balaban J connectivity index is 1.66. The number of phosphoric ester groups is 1. The average Bonchev–Trinajstić information content (AvgIpc) is 2.71. The fourth-order valence-electron chi connectivity index (χ4n) is 3.71. The maximum atomic E-state index is 13.7. The summed E-state index contributed by atoms with van der Waals surface area (Å²) >= 11 is 0. The summed E-state index contributed by atoms with van der Waals surface area (Å²) in [5, 5.41) is 0. The van der Waals surface area contributed by atoms with Gasteiger partial charge in [-0.25, -0.2) is 0 Å². The molecule has 2 aliphatic carbocycles. The predicted molar refractivity (Wildman–Crippen MR) is 111 cm³/mol. The molecule has 5 nitrogen and oxygen atoms in total. The van der Waals surface area contributed by atoms with E-state index in [0.29, 0.717) is 36.5 Å². The monoisotopic (exact) mass is 410 g/mol. The Kier molecular flexibility index (Phi) is 5.33. The second-order valence-electron chi connectivity index (χ2n) is 7.42. The summed E-state index contributed by atoms with van der Waals surface area (Å²) in [5.41, 5.74) is 0.527. The van der Waals surface area contributed by atoms with E-state index in [9.17, 15) is 9.36 Å². The lowest BCUT2D eigenvalue weighted by Gasteiger charge is -2.39. The second kappa shape index (κ2) is 7.92. The molecule has 0 aliphatic heterocycles. The molecule has 2 aromatic rings. The van der Waals surface area contributed by atoms with Gasteiger partial charge in [0.05, 0.1) is 0 Å². The largest absolute Gasteiger partial charge is 0.646 e. The number of carbonyl (C=O) groups is 1. The van der Waals surface area contributed by atoms with Gasteiger partial charge >= 0.3 is 7.82 Å². The number of hydrogen-bond acceptors (Lipinski definition) is 5. The van der Waals surface area contributed by atoms with Gasteiger partial charge in [0.1, 0.15) is 17.3 Å². The van der Waals surface area contributed by atoms with Crippen molar-refractivity contribution < 1.29 is 22.9 Å². The Hall–Kier alpha value is -2.78. The van der Waals surface area contributed by atoms with Gasteiger partial charge in [-0.1, -0.05) is 42.0 Å². The van der Waals surface area contributed by atoms with Crippen LogP contribution in [0.15, 0.2) is 84.1 Å². The van der Waals surface area contributed by atoms with Crippen LogP contribution in [0.4, 0.5) is 0 Å². The van der Waals surface area contributed by atoms with Gasteiger partial charge in [-0.15, -0.1) is 0 Å². The summed E-state index contributed by atoms with van der Waals surface area (Å²) in [5.74, 6) is 1.45. The van der Waals surface area contributed by atoms with Crippen molar-refractivity contribution >= 4 is 13.6 Å². The van der Waals surface area contributed by atoms with Crippen LogP contribution in [0.2, 0.25) is 0 Å². The van der Waals surface area contributed by atoms with Gasteiger partial charge in [0.15, 0.2) is 5.78 Å². The number of phosphoric acid groups is 1. The van der Waals surface area contributed by atoms with Crippen molar-refractivity contribution in [2.75, 3.05) is 0 Å². The molecule has 1 atom stereocenters. The topological polar surface area (TPSA) is 61.8 Å². The van der Waals surface area contributed by atoms with Crippen molar-refractivity contribution in [1.29, 1.82) is 0 Å². The predicted octanol–water partition coefficient (Wildman–Crippen LogP) is 6.24. The molecule has 0 unspecified atom stereocenters. The van der Waals surface area contributed by atoms with E-state index in [1.807, 2.05) is 25.1 Å². The first-order chi connectivity index (χ1) is 14.0. The second-order valence-corrected chi connectivity index (χ2v) is 8.86. The summed E-state index contributed by atoms with van der Waals surface area (Å²) in [4.78, 5) is 11.9. The quantitative estimate of drug-likeness (QED) is 0.527. The summed E-state index contributed by atoms with van der Waals surface area (Å²) in [6, 6.07) is 17.6. The number of ketones is 1. The fraction of sp³-hybridized carbons (Fsp3) is 0.261. The summed E-state index contributed by atoms with van der Waals surface area (Å²) in [6.45, 7) is 2.02. The first-order valence-electron chi connectivity index (χ1n) is 9.70. The van der Waals surface area contributed by atoms with E-state index < -0.39 is 13.2 Å². The molecular formula is C23H23O5P. The molecule has 6 heteroatoms. The molecule has 2 aliphatic rings. The number of rotatable bonds is 6. The molecule has 0 saturated heterocycles. The van der Waals surface area contributed by atoms with Crippen molar-refractivity contribution in [1.82, 2.24) is 0 Å². The average molecular weight is 410 g/mol. The fourth-order valence-corrected chi connectivity index (χ4v) is 5.10. The molecule has 0 amide bonds. The van der Waals surface area contributed by atoms with Crippen LogP contribution in [0.3, 0.4) is 0 Å². The molecule has 0 aromatic heterocycles. The SMILES string of the molecule is C[C@]12CCC(=O)C=C1CCC=C2OP(=O)(Oc1ccccc1)Oc1ccccc1. The lowest BCUT2D eigenvalue weighted by atomic mass is 9.68. The Morgan fingerprint density at radius 1 is 0.862 bits per heavy atom. The third-order valence-electron chi connectivity index (χ3n) is 5.33. The highest BCUT2D eigenvalue weighted by molar-refractivity contribution is 7.49. The molecule has 150 valence electrons. The highest BCUT2D eigenvalue weighted by atomic mass is 31.2. The number of hydrogen-bond donors (Lipinski definition) is 0. The van der Waals surface area contributed by atoms with Gasteiger partial charge in [0.2, 0.25) is 0 Å². The minimum atomic E-state index is -4.03. The Labute approximate surface area is 170 Å². The first-order valence-corrected chi connectivity index (χ1v) is 11.2. The third kappa shape index (κ3) is 4.30. The maximum Gasteiger partial charge on any atom is 0.646 e. The van der Waals surface area contributed by atoms with Crippen LogP contribution in [-0.2, 0) is 13.9 Å². The van der Waals surface area contributed by atoms with Crippen LogP contribution < -0.4 is 9.05 Å². The Morgan fingerprint density at radius 3 is 2.03 bits per heavy atom. The summed E-state index contributed by atoms with van der Waals surface area (Å²) < 4.78 is 31.2.